The lowest BCUT2D eigenvalue weighted by atomic mass is 11.1. The summed E-state index contributed by atoms with van der Waals surface area (Å²) in [6.07, 6.45) is 0. The minimum absolute atomic E-state index is 0.00926. The predicted molar refractivity (Wildman–Crippen MR) is 24.9 cm³/mol. The Labute approximate surface area is 39.7 Å². The number of hydrogen-bond donors (Lipinski definition) is 0. The Hall–Kier alpha value is -0.440. The topological polar surface area (TPSA) is 22.0 Å². The fourth-order valence-corrected chi connectivity index (χ4v) is 0.380. The monoisotopic (exact) mass is 101 g/mol. The summed E-state index contributed by atoms with van der Waals surface area (Å²) in [5, 5.41) is 0. The van der Waals surface area contributed by atoms with Gasteiger partial charge in [-0.3, -0.25) is 9.36 Å². The second kappa shape index (κ2) is 0.789. The van der Waals surface area contributed by atoms with Crippen LogP contribution in [-0.2, 0) is 7.05 Å². The van der Waals surface area contributed by atoms with E-state index in [2.05, 4.69) is 12.2 Å². The zero-order chi connectivity index (χ0) is 4.73. The molecule has 0 fully saturated rings. The standard InChI is InChI=1S/C3H3NOS/c1-4-2(5)3(4)6/h1H3. The van der Waals surface area contributed by atoms with Gasteiger partial charge in [0.15, 0.2) is 4.64 Å². The first kappa shape index (κ1) is 3.74. The molecule has 1 aromatic heterocycles. The van der Waals surface area contributed by atoms with Crippen molar-refractivity contribution in [2.75, 3.05) is 0 Å². The first-order chi connectivity index (χ1) is 2.73. The van der Waals surface area contributed by atoms with Gasteiger partial charge in [-0.1, -0.05) is 12.2 Å². The van der Waals surface area contributed by atoms with Gasteiger partial charge in [-0.15, -0.1) is 0 Å². The molecule has 1 aromatic rings. The van der Waals surface area contributed by atoms with Gasteiger partial charge in [0.1, 0.15) is 0 Å². The van der Waals surface area contributed by atoms with E-state index in [0.29, 0.717) is 4.64 Å². The van der Waals surface area contributed by atoms with Crippen LogP contribution in [0.3, 0.4) is 0 Å². The van der Waals surface area contributed by atoms with Crippen molar-refractivity contribution in [1.29, 1.82) is 0 Å². The molecular formula is C3H3NOS. The van der Waals surface area contributed by atoms with Gasteiger partial charge in [-0.2, -0.15) is 0 Å². The molecule has 0 aromatic carbocycles. The van der Waals surface area contributed by atoms with Gasteiger partial charge in [-0.05, 0) is 0 Å². The fraction of sp³-hybridized carbons (Fsp3) is 0.333. The molecule has 1 heterocycles. The summed E-state index contributed by atoms with van der Waals surface area (Å²) in [7, 11) is 1.66. The maximum Gasteiger partial charge on any atom is 0.286 e. The van der Waals surface area contributed by atoms with Crippen molar-refractivity contribution in [3.8, 4) is 0 Å². The molecule has 0 saturated heterocycles. The minimum atomic E-state index is -0.00926. The molecule has 0 spiro atoms. The Balaban J connectivity index is 3.48. The van der Waals surface area contributed by atoms with E-state index in [0.717, 1.165) is 0 Å². The average Bonchev–Trinajstić information content (AvgIpc) is 1.94. The zero-order valence-corrected chi connectivity index (χ0v) is 4.08. The summed E-state index contributed by atoms with van der Waals surface area (Å²) in [6, 6.07) is 0. The molecule has 0 bridgehead atoms. The fourth-order valence-electron chi connectivity index (χ4n) is 0.206. The van der Waals surface area contributed by atoms with E-state index >= 15 is 0 Å². The smallest absolute Gasteiger partial charge is 0.286 e. The molecule has 0 radical (unpaired) electrons. The molecule has 0 atom stereocenters. The zero-order valence-electron chi connectivity index (χ0n) is 3.26. The number of nitrogens with zero attached hydrogens (tertiary/aromatic N) is 1. The number of hydrogen-bond acceptors (Lipinski definition) is 2. The van der Waals surface area contributed by atoms with Crippen LogP contribution in [0.4, 0.5) is 0 Å². The summed E-state index contributed by atoms with van der Waals surface area (Å²) in [5.41, 5.74) is -0.00926. The Morgan fingerprint density at radius 1 is 1.83 bits per heavy atom. The molecule has 3 heteroatoms. The maximum absolute atomic E-state index is 10.0. The highest BCUT2D eigenvalue weighted by Gasteiger charge is 2.02. The first-order valence-electron chi connectivity index (χ1n) is 1.55. The van der Waals surface area contributed by atoms with Gasteiger partial charge in [-0.25, -0.2) is 0 Å². The van der Waals surface area contributed by atoms with Crippen LogP contribution in [0, 0.1) is 4.64 Å². The summed E-state index contributed by atoms with van der Waals surface area (Å²) < 4.78 is 1.88. The molecule has 0 aliphatic carbocycles. The Kier molecular flexibility index (Phi) is 0.492. The second-order valence-electron chi connectivity index (χ2n) is 1.17. The van der Waals surface area contributed by atoms with Crippen LogP contribution in [0.5, 0.6) is 0 Å². The van der Waals surface area contributed by atoms with Crippen molar-refractivity contribution in [1.82, 2.24) is 4.57 Å². The van der Waals surface area contributed by atoms with E-state index in [1.165, 1.54) is 4.57 Å². The van der Waals surface area contributed by atoms with Crippen molar-refractivity contribution < 1.29 is 0 Å². The van der Waals surface area contributed by atoms with Crippen molar-refractivity contribution in [2.24, 2.45) is 7.05 Å². The molecule has 0 saturated carbocycles. The first-order valence-corrected chi connectivity index (χ1v) is 1.96. The van der Waals surface area contributed by atoms with E-state index in [4.69, 9.17) is 0 Å². The molecule has 0 N–H and O–H groups in total. The maximum atomic E-state index is 10.0. The predicted octanol–water partition coefficient (Wildman–Crippen LogP) is -0.00961. The number of aromatic nitrogens is 1. The van der Waals surface area contributed by atoms with Gasteiger partial charge >= 0.3 is 0 Å². The highest BCUT2D eigenvalue weighted by molar-refractivity contribution is 7.71. The molecule has 0 unspecified atom stereocenters. The third-order valence-corrected chi connectivity index (χ3v) is 1.19. The second-order valence-corrected chi connectivity index (χ2v) is 1.56. The highest BCUT2D eigenvalue weighted by atomic mass is 32.1. The normalized spacial score (nSPS) is 10.2. The van der Waals surface area contributed by atoms with E-state index in [1.54, 1.807) is 7.05 Å². The van der Waals surface area contributed by atoms with Crippen LogP contribution >= 0.6 is 12.2 Å². The SMILES string of the molecule is Cn1c(=O)c1=S. The summed E-state index contributed by atoms with van der Waals surface area (Å²) in [5.74, 6) is 0. The van der Waals surface area contributed by atoms with Gasteiger partial charge in [0, 0.05) is 7.05 Å². The van der Waals surface area contributed by atoms with Crippen molar-refractivity contribution >= 4 is 12.2 Å². The van der Waals surface area contributed by atoms with Crippen LogP contribution in [0.25, 0.3) is 0 Å². The Morgan fingerprint density at radius 3 is 2.00 bits per heavy atom. The van der Waals surface area contributed by atoms with E-state index in [9.17, 15) is 4.79 Å². The van der Waals surface area contributed by atoms with E-state index in [-0.39, 0.29) is 5.56 Å². The molecule has 0 aliphatic heterocycles. The van der Waals surface area contributed by atoms with Crippen molar-refractivity contribution in [3.63, 3.8) is 0 Å². The molecule has 1 rings (SSSR count). The molecule has 2 nitrogen and oxygen atoms in total. The lowest BCUT2D eigenvalue weighted by Gasteiger charge is -1.54. The lowest BCUT2D eigenvalue weighted by Crippen LogP contribution is -1.82. The molecule has 0 amide bonds. The average molecular weight is 101 g/mol. The Bertz CT molecular complexity index is 192. The van der Waals surface area contributed by atoms with Crippen molar-refractivity contribution in [3.05, 3.63) is 15.0 Å². The summed E-state index contributed by atoms with van der Waals surface area (Å²) in [6.45, 7) is 0. The molecule has 0 aliphatic rings. The quantitative estimate of drug-likeness (QED) is 0.429. The molecule has 32 valence electrons. The minimum Gasteiger partial charge on any atom is -0.296 e. The van der Waals surface area contributed by atoms with Crippen LogP contribution in [0.1, 0.15) is 0 Å². The molecule has 6 heavy (non-hydrogen) atoms. The third-order valence-electron chi connectivity index (χ3n) is 0.742. The van der Waals surface area contributed by atoms with Crippen LogP contribution in [0.2, 0.25) is 0 Å². The summed E-state index contributed by atoms with van der Waals surface area (Å²) in [4.78, 5) is 10.0. The van der Waals surface area contributed by atoms with Crippen LogP contribution < -0.4 is 5.56 Å². The van der Waals surface area contributed by atoms with Crippen molar-refractivity contribution in [2.45, 2.75) is 0 Å². The van der Waals surface area contributed by atoms with Gasteiger partial charge in [0.2, 0.25) is 0 Å². The Morgan fingerprint density at radius 2 is 2.00 bits per heavy atom. The lowest BCUT2D eigenvalue weighted by molar-refractivity contribution is 1.01. The van der Waals surface area contributed by atoms with E-state index < -0.39 is 0 Å². The summed E-state index contributed by atoms with van der Waals surface area (Å²) >= 11 is 4.47. The highest BCUT2D eigenvalue weighted by Crippen LogP contribution is 1.78. The number of rotatable bonds is 0. The van der Waals surface area contributed by atoms with E-state index in [1.807, 2.05) is 0 Å². The van der Waals surface area contributed by atoms with Gasteiger partial charge in [0.05, 0.1) is 0 Å². The van der Waals surface area contributed by atoms with Crippen LogP contribution in [-0.4, -0.2) is 4.57 Å². The van der Waals surface area contributed by atoms with Crippen LogP contribution in [0.15, 0.2) is 4.79 Å². The largest absolute Gasteiger partial charge is 0.296 e. The van der Waals surface area contributed by atoms with Gasteiger partial charge < -0.3 is 0 Å². The molecular weight excluding hydrogens is 98.1 g/mol. The third kappa shape index (κ3) is 0.255. The van der Waals surface area contributed by atoms with Gasteiger partial charge in [0.25, 0.3) is 5.56 Å².